The van der Waals surface area contributed by atoms with Crippen molar-refractivity contribution in [1.29, 1.82) is 0 Å². The van der Waals surface area contributed by atoms with Crippen LogP contribution in [0.2, 0.25) is 0 Å². The molecule has 21 heavy (non-hydrogen) atoms. The van der Waals surface area contributed by atoms with Crippen molar-refractivity contribution in [1.82, 2.24) is 9.88 Å². The highest BCUT2D eigenvalue weighted by Crippen LogP contribution is 2.40. The lowest BCUT2D eigenvalue weighted by Crippen LogP contribution is -2.61. The maximum absolute atomic E-state index is 12.4. The highest BCUT2D eigenvalue weighted by atomic mass is 16.3. The van der Waals surface area contributed by atoms with E-state index < -0.39 is 0 Å². The quantitative estimate of drug-likeness (QED) is 0.909. The maximum atomic E-state index is 12.4. The van der Waals surface area contributed by atoms with Crippen LogP contribution in [0.15, 0.2) is 48.8 Å². The van der Waals surface area contributed by atoms with Crippen LogP contribution >= 0.6 is 0 Å². The fourth-order valence-electron chi connectivity index (χ4n) is 2.70. The predicted molar refractivity (Wildman–Crippen MR) is 81.4 cm³/mol. The molecule has 1 amide bonds. The van der Waals surface area contributed by atoms with Gasteiger partial charge in [-0.1, -0.05) is 19.9 Å². The summed E-state index contributed by atoms with van der Waals surface area (Å²) in [5.74, 6) is -0.0889. The van der Waals surface area contributed by atoms with Gasteiger partial charge in [-0.25, -0.2) is 0 Å². The van der Waals surface area contributed by atoms with Gasteiger partial charge >= 0.3 is 0 Å². The number of benzene rings is 1. The van der Waals surface area contributed by atoms with E-state index in [4.69, 9.17) is 0 Å². The Morgan fingerprint density at radius 3 is 2.62 bits per heavy atom. The van der Waals surface area contributed by atoms with Crippen LogP contribution in [0.5, 0.6) is 0 Å². The number of rotatable bonds is 3. The fraction of sp³-hybridized carbons (Fsp3) is 0.353. The lowest BCUT2D eigenvalue weighted by Gasteiger charge is -2.49. The van der Waals surface area contributed by atoms with Gasteiger partial charge < -0.3 is 15.0 Å². The van der Waals surface area contributed by atoms with Gasteiger partial charge in [0.05, 0.1) is 6.10 Å². The molecule has 0 spiro atoms. The molecule has 1 aromatic carbocycles. The van der Waals surface area contributed by atoms with Crippen LogP contribution in [0, 0.1) is 5.41 Å². The van der Waals surface area contributed by atoms with Gasteiger partial charge in [-0.2, -0.15) is 0 Å². The molecule has 110 valence electrons. The minimum atomic E-state index is -0.339. The van der Waals surface area contributed by atoms with Crippen LogP contribution in [0.3, 0.4) is 0 Å². The van der Waals surface area contributed by atoms with E-state index in [2.05, 4.69) is 5.32 Å². The van der Waals surface area contributed by atoms with E-state index in [9.17, 15) is 9.90 Å². The molecule has 2 atom stereocenters. The van der Waals surface area contributed by atoms with E-state index >= 15 is 0 Å². The summed E-state index contributed by atoms with van der Waals surface area (Å²) in [6, 6.07) is 11.5. The maximum Gasteiger partial charge on any atom is 0.251 e. The van der Waals surface area contributed by atoms with Crippen molar-refractivity contribution in [3.05, 3.63) is 54.4 Å². The Balaban J connectivity index is 1.75. The van der Waals surface area contributed by atoms with Gasteiger partial charge in [-0.3, -0.25) is 4.79 Å². The molecular formula is C17H20N2O2. The molecule has 0 aliphatic heterocycles. The molecule has 1 aliphatic rings. The average molecular weight is 284 g/mol. The third kappa shape index (κ3) is 2.47. The summed E-state index contributed by atoms with van der Waals surface area (Å²) in [6.07, 6.45) is 4.18. The van der Waals surface area contributed by atoms with Crippen molar-refractivity contribution >= 4 is 5.91 Å². The Kier molecular flexibility index (Phi) is 3.33. The van der Waals surface area contributed by atoms with E-state index in [1.165, 1.54) is 0 Å². The molecule has 0 radical (unpaired) electrons. The molecule has 0 bridgehead atoms. The predicted octanol–water partition coefficient (Wildman–Crippen LogP) is 2.37. The second-order valence-electron chi connectivity index (χ2n) is 6.24. The molecule has 2 unspecified atom stereocenters. The average Bonchev–Trinajstić information content (AvgIpc) is 3.01. The SMILES string of the molecule is CC1(C)C(O)CC1NC(=O)c1cccc(-n2cccc2)c1. The normalized spacial score (nSPS) is 23.4. The minimum Gasteiger partial charge on any atom is -0.392 e. The highest BCUT2D eigenvalue weighted by molar-refractivity contribution is 5.95. The van der Waals surface area contributed by atoms with Gasteiger partial charge in [-0.05, 0) is 36.8 Å². The molecule has 1 aliphatic carbocycles. The number of hydrogen-bond donors (Lipinski definition) is 2. The first-order valence-electron chi connectivity index (χ1n) is 7.21. The van der Waals surface area contributed by atoms with Gasteiger partial charge in [0.15, 0.2) is 0 Å². The summed E-state index contributed by atoms with van der Waals surface area (Å²) in [4.78, 5) is 12.4. The van der Waals surface area contributed by atoms with E-state index in [1.807, 2.05) is 67.2 Å². The second kappa shape index (κ2) is 5.04. The largest absolute Gasteiger partial charge is 0.392 e. The van der Waals surface area contributed by atoms with Gasteiger partial charge in [0.1, 0.15) is 0 Å². The number of amides is 1. The first-order chi connectivity index (χ1) is 9.98. The van der Waals surface area contributed by atoms with Crippen LogP contribution in [-0.2, 0) is 0 Å². The summed E-state index contributed by atoms with van der Waals surface area (Å²) in [6.45, 7) is 3.95. The molecule has 1 heterocycles. The van der Waals surface area contributed by atoms with E-state index in [-0.39, 0.29) is 23.5 Å². The molecule has 2 N–H and O–H groups in total. The van der Waals surface area contributed by atoms with Gasteiger partial charge in [-0.15, -0.1) is 0 Å². The number of carbonyl (C=O) groups is 1. The first-order valence-corrected chi connectivity index (χ1v) is 7.21. The molecule has 4 nitrogen and oxygen atoms in total. The Bertz CT molecular complexity index is 647. The number of aromatic nitrogens is 1. The zero-order valence-electron chi connectivity index (χ0n) is 12.3. The van der Waals surface area contributed by atoms with Gasteiger partial charge in [0.25, 0.3) is 5.91 Å². The number of hydrogen-bond acceptors (Lipinski definition) is 2. The van der Waals surface area contributed by atoms with Crippen molar-refractivity contribution in [2.75, 3.05) is 0 Å². The second-order valence-corrected chi connectivity index (χ2v) is 6.24. The zero-order valence-corrected chi connectivity index (χ0v) is 12.3. The third-order valence-electron chi connectivity index (χ3n) is 4.53. The Labute approximate surface area is 124 Å². The number of carbonyl (C=O) groups excluding carboxylic acids is 1. The standard InChI is InChI=1S/C17H20N2O2/c1-17(2)14(11-15(17)20)18-16(21)12-6-5-7-13(10-12)19-8-3-4-9-19/h3-10,14-15,20H,11H2,1-2H3,(H,18,21). The van der Waals surface area contributed by atoms with Gasteiger partial charge in [0, 0.05) is 35.1 Å². The Morgan fingerprint density at radius 2 is 2.00 bits per heavy atom. The van der Waals surface area contributed by atoms with Crippen molar-refractivity contribution in [2.45, 2.75) is 32.4 Å². The summed E-state index contributed by atoms with van der Waals surface area (Å²) in [5, 5.41) is 12.8. The molecule has 1 aromatic heterocycles. The number of aliphatic hydroxyl groups is 1. The molecule has 0 saturated heterocycles. The number of nitrogens with zero attached hydrogens (tertiary/aromatic N) is 1. The fourth-order valence-corrected chi connectivity index (χ4v) is 2.70. The van der Waals surface area contributed by atoms with Crippen molar-refractivity contribution < 1.29 is 9.90 Å². The number of nitrogens with one attached hydrogen (secondary N) is 1. The first kappa shape index (κ1) is 13.9. The van der Waals surface area contributed by atoms with Crippen LogP contribution in [0.4, 0.5) is 0 Å². The lowest BCUT2D eigenvalue weighted by molar-refractivity contribution is -0.0689. The molecule has 4 heteroatoms. The van der Waals surface area contributed by atoms with Crippen LogP contribution in [0.1, 0.15) is 30.6 Å². The molecule has 1 fully saturated rings. The highest BCUT2D eigenvalue weighted by Gasteiger charge is 2.47. The van der Waals surface area contributed by atoms with E-state index in [0.717, 1.165) is 5.69 Å². The summed E-state index contributed by atoms with van der Waals surface area (Å²) < 4.78 is 1.97. The minimum absolute atomic E-state index is 0.0234. The summed E-state index contributed by atoms with van der Waals surface area (Å²) in [5.41, 5.74) is 1.34. The van der Waals surface area contributed by atoms with Crippen LogP contribution < -0.4 is 5.32 Å². The van der Waals surface area contributed by atoms with E-state index in [1.54, 1.807) is 0 Å². The summed E-state index contributed by atoms with van der Waals surface area (Å²) in [7, 11) is 0. The molecular weight excluding hydrogens is 264 g/mol. The smallest absolute Gasteiger partial charge is 0.251 e. The van der Waals surface area contributed by atoms with E-state index in [0.29, 0.717) is 12.0 Å². The zero-order chi connectivity index (χ0) is 15.0. The molecule has 1 saturated carbocycles. The Hall–Kier alpha value is -2.07. The topological polar surface area (TPSA) is 54.3 Å². The van der Waals surface area contributed by atoms with Crippen molar-refractivity contribution in [3.8, 4) is 5.69 Å². The Morgan fingerprint density at radius 1 is 1.29 bits per heavy atom. The van der Waals surface area contributed by atoms with Crippen LogP contribution in [-0.4, -0.2) is 27.7 Å². The van der Waals surface area contributed by atoms with Crippen LogP contribution in [0.25, 0.3) is 5.69 Å². The van der Waals surface area contributed by atoms with Crippen molar-refractivity contribution in [2.24, 2.45) is 5.41 Å². The van der Waals surface area contributed by atoms with Crippen molar-refractivity contribution in [3.63, 3.8) is 0 Å². The lowest BCUT2D eigenvalue weighted by atomic mass is 9.64. The van der Waals surface area contributed by atoms with Gasteiger partial charge in [0.2, 0.25) is 0 Å². The molecule has 2 aromatic rings. The monoisotopic (exact) mass is 284 g/mol. The third-order valence-corrected chi connectivity index (χ3v) is 4.53. The molecule has 3 rings (SSSR count). The number of aliphatic hydroxyl groups excluding tert-OH is 1. The summed E-state index contributed by atoms with van der Waals surface area (Å²) >= 11 is 0.